The van der Waals surface area contributed by atoms with Gasteiger partial charge in [0.1, 0.15) is 17.7 Å². The highest BCUT2D eigenvalue weighted by atomic mass is 16.6. The van der Waals surface area contributed by atoms with Gasteiger partial charge in [0.2, 0.25) is 11.8 Å². The van der Waals surface area contributed by atoms with Crippen LogP contribution in [0.5, 0.6) is 0 Å². The van der Waals surface area contributed by atoms with Gasteiger partial charge in [0, 0.05) is 17.1 Å². The molecule has 1 aromatic rings. The maximum atomic E-state index is 14.3. The van der Waals surface area contributed by atoms with E-state index < -0.39 is 29.3 Å². The standard InChI is InChI=1S/C31H49N3O4/c1-13-23-16-18-24(19-17-23)26(27(35)33-30(7,8)9)34(22(6)15-14-20(2)3)28(36)25(21(4)5)32-29(37)38-31(10,11)12/h1,16-22,25-26H,14-15H2,2-12H3,(H,32,37)(H,33,35). The van der Waals surface area contributed by atoms with E-state index in [4.69, 9.17) is 11.2 Å². The zero-order valence-corrected chi connectivity index (χ0v) is 25.3. The maximum absolute atomic E-state index is 14.3. The Kier molecular flexibility index (Phi) is 11.9. The van der Waals surface area contributed by atoms with Crippen LogP contribution in [0.3, 0.4) is 0 Å². The van der Waals surface area contributed by atoms with Crippen molar-refractivity contribution in [2.24, 2.45) is 11.8 Å². The molecule has 0 spiro atoms. The number of alkyl carbamates (subject to hydrolysis) is 1. The molecule has 7 heteroatoms. The number of rotatable bonds is 10. The molecule has 0 aliphatic heterocycles. The topological polar surface area (TPSA) is 87.7 Å². The fourth-order valence-electron chi connectivity index (χ4n) is 4.06. The average Bonchev–Trinajstić information content (AvgIpc) is 2.76. The normalized spacial score (nSPS) is 14.3. The SMILES string of the molecule is C#Cc1ccc(C(C(=O)NC(C)(C)C)N(C(=O)C(NC(=O)OC(C)(C)C)C(C)C)C(C)CCC(C)C)cc1. The number of hydrogen-bond donors (Lipinski definition) is 2. The molecule has 0 aliphatic carbocycles. The molecule has 0 saturated carbocycles. The molecule has 0 aliphatic rings. The van der Waals surface area contributed by atoms with Crippen molar-refractivity contribution in [1.82, 2.24) is 15.5 Å². The smallest absolute Gasteiger partial charge is 0.408 e. The third kappa shape index (κ3) is 10.8. The number of hydrogen-bond acceptors (Lipinski definition) is 4. The van der Waals surface area contributed by atoms with Crippen LogP contribution in [0.15, 0.2) is 24.3 Å². The van der Waals surface area contributed by atoms with Crippen LogP contribution in [0.1, 0.15) is 106 Å². The van der Waals surface area contributed by atoms with Crippen LogP contribution in [-0.2, 0) is 14.3 Å². The van der Waals surface area contributed by atoms with Gasteiger partial charge in [-0.15, -0.1) is 6.42 Å². The molecule has 1 rings (SSSR count). The number of ether oxygens (including phenoxy) is 1. The largest absolute Gasteiger partial charge is 0.444 e. The van der Waals surface area contributed by atoms with E-state index in [1.807, 2.05) is 41.5 Å². The molecule has 0 heterocycles. The van der Waals surface area contributed by atoms with Crippen molar-refractivity contribution in [3.8, 4) is 12.3 Å². The van der Waals surface area contributed by atoms with Gasteiger partial charge in [0.15, 0.2) is 0 Å². The summed E-state index contributed by atoms with van der Waals surface area (Å²) in [6, 6.07) is 5.04. The Balaban J connectivity index is 3.66. The molecule has 7 nitrogen and oxygen atoms in total. The summed E-state index contributed by atoms with van der Waals surface area (Å²) in [5.41, 5.74) is 0.0968. The highest BCUT2D eigenvalue weighted by molar-refractivity contribution is 5.92. The summed E-state index contributed by atoms with van der Waals surface area (Å²) in [5.74, 6) is 2.14. The van der Waals surface area contributed by atoms with E-state index in [1.54, 1.807) is 49.9 Å². The van der Waals surface area contributed by atoms with Gasteiger partial charge in [0.25, 0.3) is 0 Å². The van der Waals surface area contributed by atoms with Gasteiger partial charge in [-0.3, -0.25) is 9.59 Å². The van der Waals surface area contributed by atoms with Gasteiger partial charge in [-0.25, -0.2) is 4.79 Å². The number of benzene rings is 1. The highest BCUT2D eigenvalue weighted by Gasteiger charge is 2.40. The number of terminal acetylenes is 1. The van der Waals surface area contributed by atoms with Gasteiger partial charge >= 0.3 is 6.09 Å². The van der Waals surface area contributed by atoms with Crippen LogP contribution >= 0.6 is 0 Å². The Morgan fingerprint density at radius 1 is 0.947 bits per heavy atom. The Bertz CT molecular complexity index is 978. The highest BCUT2D eigenvalue weighted by Crippen LogP contribution is 2.29. The molecular weight excluding hydrogens is 478 g/mol. The second-order valence-corrected chi connectivity index (χ2v) is 12.8. The molecular formula is C31H49N3O4. The Labute approximate surface area is 230 Å². The fourth-order valence-corrected chi connectivity index (χ4v) is 4.06. The Morgan fingerprint density at radius 3 is 1.92 bits per heavy atom. The average molecular weight is 528 g/mol. The number of nitrogens with one attached hydrogen (secondary N) is 2. The lowest BCUT2D eigenvalue weighted by atomic mass is 9.94. The first-order valence-corrected chi connectivity index (χ1v) is 13.6. The second-order valence-electron chi connectivity index (χ2n) is 12.8. The first-order valence-electron chi connectivity index (χ1n) is 13.6. The zero-order chi connectivity index (χ0) is 29.4. The van der Waals surface area contributed by atoms with E-state index >= 15 is 0 Å². The van der Waals surface area contributed by atoms with Gasteiger partial charge in [-0.1, -0.05) is 45.7 Å². The van der Waals surface area contributed by atoms with Crippen molar-refractivity contribution in [3.05, 3.63) is 35.4 Å². The van der Waals surface area contributed by atoms with Crippen LogP contribution in [-0.4, -0.2) is 46.0 Å². The number of carbonyl (C=O) groups excluding carboxylic acids is 3. The lowest BCUT2D eigenvalue weighted by molar-refractivity contribution is -0.146. The molecule has 0 aromatic heterocycles. The zero-order valence-electron chi connectivity index (χ0n) is 25.3. The molecule has 38 heavy (non-hydrogen) atoms. The number of nitrogens with zero attached hydrogens (tertiary/aromatic N) is 1. The maximum Gasteiger partial charge on any atom is 0.408 e. The van der Waals surface area contributed by atoms with Crippen LogP contribution in [0.25, 0.3) is 0 Å². The van der Waals surface area contributed by atoms with E-state index in [2.05, 4.69) is 30.4 Å². The van der Waals surface area contributed by atoms with Crippen LogP contribution in [0.4, 0.5) is 4.79 Å². The molecule has 0 fully saturated rings. The summed E-state index contributed by atoms with van der Waals surface area (Å²) in [6.07, 6.45) is 6.46. The molecule has 0 saturated heterocycles. The van der Waals surface area contributed by atoms with E-state index in [0.717, 1.165) is 6.42 Å². The fraction of sp³-hybridized carbons (Fsp3) is 0.645. The quantitative estimate of drug-likeness (QED) is 0.375. The molecule has 3 unspecified atom stereocenters. The van der Waals surface area contributed by atoms with Crippen molar-refractivity contribution in [2.45, 2.75) is 118 Å². The summed E-state index contributed by atoms with van der Waals surface area (Å²) >= 11 is 0. The molecule has 212 valence electrons. The third-order valence-corrected chi connectivity index (χ3v) is 5.91. The first kappa shape index (κ1) is 33.0. The lowest BCUT2D eigenvalue weighted by Gasteiger charge is -2.40. The van der Waals surface area contributed by atoms with Crippen molar-refractivity contribution < 1.29 is 19.1 Å². The van der Waals surface area contributed by atoms with Crippen molar-refractivity contribution in [2.75, 3.05) is 0 Å². The van der Waals surface area contributed by atoms with Crippen LogP contribution in [0.2, 0.25) is 0 Å². The predicted octanol–water partition coefficient (Wildman–Crippen LogP) is 5.83. The summed E-state index contributed by atoms with van der Waals surface area (Å²) < 4.78 is 5.45. The summed E-state index contributed by atoms with van der Waals surface area (Å²) in [6.45, 7) is 21.0. The van der Waals surface area contributed by atoms with E-state index in [9.17, 15) is 14.4 Å². The molecule has 3 amide bonds. The molecule has 1 aromatic carbocycles. The predicted molar refractivity (Wildman–Crippen MR) is 153 cm³/mol. The van der Waals surface area contributed by atoms with Crippen LogP contribution < -0.4 is 10.6 Å². The number of carbonyl (C=O) groups is 3. The molecule has 3 atom stereocenters. The summed E-state index contributed by atoms with van der Waals surface area (Å²) in [5, 5.41) is 5.83. The Morgan fingerprint density at radius 2 is 1.50 bits per heavy atom. The Hall–Kier alpha value is -3.01. The van der Waals surface area contributed by atoms with Crippen molar-refractivity contribution in [1.29, 1.82) is 0 Å². The lowest BCUT2D eigenvalue weighted by Crippen LogP contribution is -2.58. The minimum atomic E-state index is -0.919. The van der Waals surface area contributed by atoms with Crippen LogP contribution in [0, 0.1) is 24.2 Å². The van der Waals surface area contributed by atoms with E-state index in [-0.39, 0.29) is 23.8 Å². The number of amides is 3. The first-order chi connectivity index (χ1) is 17.4. The van der Waals surface area contributed by atoms with Crippen molar-refractivity contribution >= 4 is 17.9 Å². The minimum absolute atomic E-state index is 0.245. The van der Waals surface area contributed by atoms with Crippen molar-refractivity contribution in [3.63, 3.8) is 0 Å². The molecule has 2 N–H and O–H groups in total. The summed E-state index contributed by atoms with van der Waals surface area (Å²) in [4.78, 5) is 42.5. The minimum Gasteiger partial charge on any atom is -0.444 e. The van der Waals surface area contributed by atoms with E-state index in [1.165, 1.54) is 0 Å². The monoisotopic (exact) mass is 527 g/mol. The van der Waals surface area contributed by atoms with E-state index in [0.29, 0.717) is 23.5 Å². The molecule has 0 bridgehead atoms. The summed E-state index contributed by atoms with van der Waals surface area (Å²) in [7, 11) is 0. The third-order valence-electron chi connectivity index (χ3n) is 5.91. The molecule has 0 radical (unpaired) electrons. The van der Waals surface area contributed by atoms with Gasteiger partial charge in [0.05, 0.1) is 0 Å². The second kappa shape index (κ2) is 13.7. The van der Waals surface area contributed by atoms with Gasteiger partial charge in [-0.2, -0.15) is 0 Å². The van der Waals surface area contributed by atoms with Gasteiger partial charge in [-0.05, 0) is 90.8 Å². The van der Waals surface area contributed by atoms with Gasteiger partial charge < -0.3 is 20.3 Å².